The summed E-state index contributed by atoms with van der Waals surface area (Å²) in [4.78, 5) is 12.5. The van der Waals surface area contributed by atoms with E-state index in [9.17, 15) is 44.1 Å². The number of aromatic nitrogens is 1. The molecule has 0 aliphatic carbocycles. The molecule has 0 spiro atoms. The van der Waals surface area contributed by atoms with Crippen molar-refractivity contribution in [3.8, 4) is 6.07 Å². The maximum Gasteiger partial charge on any atom is 0.509 e. The number of hydrogen-bond acceptors (Lipinski definition) is 2. The molecule has 0 aliphatic heterocycles. The minimum atomic E-state index is -5.95. The Bertz CT molecular complexity index is 1450. The quantitative estimate of drug-likeness (QED) is 0.123. The number of carbonyl (C=O) groups excluding carboxylic acids is 1. The number of rotatable bonds is 4. The Labute approximate surface area is 215 Å². The molecule has 4 rings (SSSR count). The Kier molecular flexibility index (Phi) is 8.38. The van der Waals surface area contributed by atoms with Crippen molar-refractivity contribution in [1.29, 1.82) is 5.26 Å². The Morgan fingerprint density at radius 3 is 1.90 bits per heavy atom. The van der Waals surface area contributed by atoms with Crippen LogP contribution in [0.2, 0.25) is 0 Å². The van der Waals surface area contributed by atoms with E-state index < -0.39 is 35.9 Å². The zero-order chi connectivity index (χ0) is 29.0. The summed E-state index contributed by atoms with van der Waals surface area (Å²) in [5.41, 5.74) is -4.00. The van der Waals surface area contributed by atoms with Crippen molar-refractivity contribution in [2.75, 3.05) is 0 Å². The minimum Gasteiger partial charge on any atom is -0.445 e. The van der Waals surface area contributed by atoms with Gasteiger partial charge in [0.15, 0.2) is 6.20 Å². The van der Waals surface area contributed by atoms with E-state index in [4.69, 9.17) is 5.26 Å². The molecule has 0 radical (unpaired) electrons. The number of carbonyl (C=O) groups is 1. The first-order valence-corrected chi connectivity index (χ1v) is 11.0. The van der Waals surface area contributed by atoms with Crippen LogP contribution in [0.4, 0.5) is 39.3 Å². The SMILES string of the molecule is F[B-](F)(F)c1cc(C(F)(F)F)cc(C(F)(F)F)c1.N#Cc1ccccc1C(=O)C[n+]1cccc2ccccc21. The van der Waals surface area contributed by atoms with Crippen LogP contribution in [0.1, 0.15) is 27.0 Å². The zero-order valence-electron chi connectivity index (χ0n) is 19.6. The van der Waals surface area contributed by atoms with E-state index in [0.29, 0.717) is 11.1 Å². The second kappa shape index (κ2) is 11.2. The summed E-state index contributed by atoms with van der Waals surface area (Å²) in [5, 5.41) is 10.2. The van der Waals surface area contributed by atoms with Gasteiger partial charge in [0.2, 0.25) is 17.8 Å². The molecule has 39 heavy (non-hydrogen) atoms. The van der Waals surface area contributed by atoms with Gasteiger partial charge in [-0.25, -0.2) is 0 Å². The second-order valence-corrected chi connectivity index (χ2v) is 8.19. The fourth-order valence-corrected chi connectivity index (χ4v) is 3.59. The van der Waals surface area contributed by atoms with E-state index in [1.165, 1.54) is 0 Å². The molecule has 13 heteroatoms. The Hall–Kier alpha value is -4.34. The minimum absolute atomic E-state index is 0.0616. The summed E-state index contributed by atoms with van der Waals surface area (Å²) in [6.45, 7) is -5.73. The lowest BCUT2D eigenvalue weighted by molar-refractivity contribution is -0.657. The number of pyridine rings is 1. The number of alkyl halides is 6. The van der Waals surface area contributed by atoms with Crippen LogP contribution in [0.15, 0.2) is 85.1 Å². The fourth-order valence-electron chi connectivity index (χ4n) is 3.59. The van der Waals surface area contributed by atoms with E-state index in [0.717, 1.165) is 10.9 Å². The van der Waals surface area contributed by atoms with Crippen molar-refractivity contribution in [2.24, 2.45) is 0 Å². The number of nitriles is 1. The molecule has 0 atom stereocenters. The zero-order valence-corrected chi connectivity index (χ0v) is 19.6. The van der Waals surface area contributed by atoms with Crippen LogP contribution in [-0.2, 0) is 18.9 Å². The van der Waals surface area contributed by atoms with Gasteiger partial charge in [-0.1, -0.05) is 36.4 Å². The number of benzene rings is 3. The lowest BCUT2D eigenvalue weighted by Gasteiger charge is -2.19. The van der Waals surface area contributed by atoms with Gasteiger partial charge >= 0.3 is 19.3 Å². The summed E-state index contributed by atoms with van der Waals surface area (Å²) in [6, 6.07) is 19.8. The Morgan fingerprint density at radius 1 is 0.795 bits per heavy atom. The largest absolute Gasteiger partial charge is 0.509 e. The van der Waals surface area contributed by atoms with Crippen LogP contribution in [0.25, 0.3) is 10.9 Å². The predicted molar refractivity (Wildman–Crippen MR) is 125 cm³/mol. The molecule has 0 aliphatic rings. The van der Waals surface area contributed by atoms with E-state index in [1.807, 2.05) is 47.2 Å². The van der Waals surface area contributed by atoms with Gasteiger partial charge in [-0.15, -0.1) is 5.46 Å². The third-order valence-electron chi connectivity index (χ3n) is 5.44. The van der Waals surface area contributed by atoms with Gasteiger partial charge in [-0.2, -0.15) is 36.2 Å². The van der Waals surface area contributed by atoms with Crippen LogP contribution < -0.4 is 10.0 Å². The fraction of sp³-hybridized carbons (Fsp3) is 0.115. The van der Waals surface area contributed by atoms with Gasteiger partial charge in [0, 0.05) is 23.1 Å². The van der Waals surface area contributed by atoms with E-state index in [2.05, 4.69) is 6.07 Å². The number of ketones is 1. The maximum atomic E-state index is 12.5. The highest BCUT2D eigenvalue weighted by Gasteiger charge is 2.39. The summed E-state index contributed by atoms with van der Waals surface area (Å²) < 4.78 is 112. The first-order chi connectivity index (χ1) is 18.1. The number of halogens is 9. The predicted octanol–water partition coefficient (Wildman–Crippen LogP) is 6.66. The van der Waals surface area contributed by atoms with Crippen molar-refractivity contribution < 1.29 is 48.7 Å². The van der Waals surface area contributed by atoms with Crippen molar-refractivity contribution in [2.45, 2.75) is 18.9 Å². The molecule has 1 aromatic heterocycles. The van der Waals surface area contributed by atoms with Gasteiger partial charge in [-0.3, -0.25) is 4.79 Å². The van der Waals surface area contributed by atoms with Crippen LogP contribution in [-0.4, -0.2) is 12.8 Å². The number of fused-ring (bicyclic) bond motifs is 1. The highest BCUT2D eigenvalue weighted by molar-refractivity contribution is 6.73. The standard InChI is InChI=1S/C18H13N2O.C8H3BF9/c19-12-15-7-1-3-9-16(15)18(21)13-20-11-5-8-14-6-2-4-10-17(14)20;10-7(11,12)4-1-5(8(13,14)15)3-6(2-4)9(16,17)18/h1-11H,13H2;1-3H/q+1;-1. The highest BCUT2D eigenvalue weighted by Crippen LogP contribution is 2.35. The molecule has 0 amide bonds. The van der Waals surface area contributed by atoms with Crippen LogP contribution in [0.3, 0.4) is 0 Å². The molecule has 202 valence electrons. The molecule has 0 bridgehead atoms. The monoisotopic (exact) mass is 554 g/mol. The molecule has 3 aromatic carbocycles. The lowest BCUT2D eigenvalue weighted by Crippen LogP contribution is -2.38. The van der Waals surface area contributed by atoms with Gasteiger partial charge in [0.05, 0.1) is 22.8 Å². The van der Waals surface area contributed by atoms with Crippen LogP contribution in [0, 0.1) is 11.3 Å². The van der Waals surface area contributed by atoms with Crippen molar-refractivity contribution >= 4 is 29.1 Å². The summed E-state index contributed by atoms with van der Waals surface area (Å²) in [7, 11) is 0. The molecule has 0 saturated carbocycles. The molecule has 0 saturated heterocycles. The van der Waals surface area contributed by atoms with Crippen molar-refractivity contribution in [3.63, 3.8) is 0 Å². The molecule has 0 unspecified atom stereocenters. The Morgan fingerprint density at radius 2 is 1.33 bits per heavy atom. The van der Waals surface area contributed by atoms with Gasteiger partial charge < -0.3 is 12.9 Å². The van der Waals surface area contributed by atoms with Gasteiger partial charge in [-0.05, 0) is 30.3 Å². The van der Waals surface area contributed by atoms with E-state index in [1.54, 1.807) is 24.3 Å². The normalized spacial score (nSPS) is 11.9. The van der Waals surface area contributed by atoms with Gasteiger partial charge in [0.1, 0.15) is 0 Å². The molecule has 0 N–H and O–H groups in total. The third kappa shape index (κ3) is 7.37. The van der Waals surface area contributed by atoms with E-state index >= 15 is 0 Å². The first kappa shape index (κ1) is 29.2. The smallest absolute Gasteiger partial charge is 0.445 e. The summed E-state index contributed by atoms with van der Waals surface area (Å²) in [6.07, 6.45) is -8.68. The molecule has 1 heterocycles. The topological polar surface area (TPSA) is 44.7 Å². The lowest BCUT2D eigenvalue weighted by atomic mass is 9.78. The second-order valence-electron chi connectivity index (χ2n) is 8.19. The molecule has 4 aromatic rings. The molecule has 0 fully saturated rings. The molecule has 3 nitrogen and oxygen atoms in total. The summed E-state index contributed by atoms with van der Waals surface area (Å²) in [5.74, 6) is -0.0616. The summed E-state index contributed by atoms with van der Waals surface area (Å²) >= 11 is 0. The maximum absolute atomic E-state index is 12.5. The van der Waals surface area contributed by atoms with Crippen molar-refractivity contribution in [3.05, 3.63) is 107 Å². The van der Waals surface area contributed by atoms with Crippen LogP contribution in [0.5, 0.6) is 0 Å². The van der Waals surface area contributed by atoms with Crippen LogP contribution >= 0.6 is 0 Å². The Balaban J connectivity index is 0.000000219. The molecular formula is C26H16BF9N2O. The van der Waals surface area contributed by atoms with Crippen molar-refractivity contribution in [1.82, 2.24) is 0 Å². The molecular weight excluding hydrogens is 538 g/mol. The first-order valence-electron chi connectivity index (χ1n) is 11.0. The number of hydrogen-bond donors (Lipinski definition) is 0. The number of Topliss-reactive ketones (excluding diaryl/α,β-unsaturated/α-hetero) is 1. The average Bonchev–Trinajstić information content (AvgIpc) is 2.87. The highest BCUT2D eigenvalue weighted by atomic mass is 19.4. The average molecular weight is 554 g/mol. The number of para-hydroxylation sites is 1. The third-order valence-corrected chi connectivity index (χ3v) is 5.44. The number of nitrogens with zero attached hydrogens (tertiary/aromatic N) is 2. The van der Waals surface area contributed by atoms with Gasteiger partial charge in [0.25, 0.3) is 0 Å². The van der Waals surface area contributed by atoms with E-state index in [-0.39, 0.29) is 30.5 Å².